The third kappa shape index (κ3) is 7.06. The van der Waals surface area contributed by atoms with E-state index in [1.165, 1.54) is 25.7 Å². The maximum atomic E-state index is 11.7. The second kappa shape index (κ2) is 11.6. The van der Waals surface area contributed by atoms with Gasteiger partial charge < -0.3 is 20.1 Å². The number of halogens is 1. The van der Waals surface area contributed by atoms with E-state index in [1.54, 1.807) is 13.2 Å². The molecule has 27 heavy (non-hydrogen) atoms. The normalized spacial score (nSPS) is 19.2. The standard InChI is InChI=1S/C19H29N3O3S.HI/c1-5-20-18(22-13-19(2)9-6-10-26-19)21-12-14-7-8-15(17(23)25-4)16(11-14)24-3;/h7-8,11H,5-6,9-10,12-13H2,1-4H3,(H2,20,21,22);1H. The number of carbonyl (C=O) groups excluding carboxylic acids is 1. The molecule has 1 aliphatic heterocycles. The number of esters is 1. The molecular formula is C19H30IN3O3S. The van der Waals surface area contributed by atoms with Crippen molar-refractivity contribution in [3.05, 3.63) is 29.3 Å². The van der Waals surface area contributed by atoms with E-state index in [1.807, 2.05) is 23.9 Å². The Labute approximate surface area is 183 Å². The van der Waals surface area contributed by atoms with Crippen molar-refractivity contribution < 1.29 is 14.3 Å². The SMILES string of the molecule is CCNC(=NCc1ccc(C(=O)OC)c(OC)c1)NCC1(C)CCCS1.I. The number of hydrogen-bond acceptors (Lipinski definition) is 5. The van der Waals surface area contributed by atoms with Crippen molar-refractivity contribution in [1.29, 1.82) is 0 Å². The first kappa shape index (κ1) is 23.9. The average molecular weight is 507 g/mol. The number of nitrogens with zero attached hydrogens (tertiary/aromatic N) is 1. The van der Waals surface area contributed by atoms with Gasteiger partial charge in [0.1, 0.15) is 11.3 Å². The summed E-state index contributed by atoms with van der Waals surface area (Å²) in [7, 11) is 2.90. The van der Waals surface area contributed by atoms with Gasteiger partial charge in [0.2, 0.25) is 0 Å². The minimum atomic E-state index is -0.408. The Morgan fingerprint density at radius 3 is 2.70 bits per heavy atom. The molecule has 152 valence electrons. The van der Waals surface area contributed by atoms with E-state index in [2.05, 4.69) is 29.5 Å². The highest BCUT2D eigenvalue weighted by Crippen LogP contribution is 2.36. The number of benzene rings is 1. The van der Waals surface area contributed by atoms with Gasteiger partial charge in [0.25, 0.3) is 0 Å². The summed E-state index contributed by atoms with van der Waals surface area (Å²) in [5, 5.41) is 6.74. The first-order valence-electron chi connectivity index (χ1n) is 8.92. The van der Waals surface area contributed by atoms with Crippen molar-refractivity contribution in [3.8, 4) is 5.75 Å². The average Bonchev–Trinajstić information content (AvgIpc) is 3.10. The fraction of sp³-hybridized carbons (Fsp3) is 0.579. The molecule has 2 rings (SSSR count). The molecule has 1 aromatic carbocycles. The molecule has 1 aliphatic rings. The van der Waals surface area contributed by atoms with Gasteiger partial charge in [-0.25, -0.2) is 9.79 Å². The molecule has 0 aromatic heterocycles. The predicted molar refractivity (Wildman–Crippen MR) is 123 cm³/mol. The summed E-state index contributed by atoms with van der Waals surface area (Å²) in [5.74, 6) is 2.13. The molecule has 0 aliphatic carbocycles. The van der Waals surface area contributed by atoms with Crippen LogP contribution in [0.1, 0.15) is 42.6 Å². The second-order valence-electron chi connectivity index (χ2n) is 6.48. The first-order valence-corrected chi connectivity index (χ1v) is 9.91. The molecular weight excluding hydrogens is 477 g/mol. The van der Waals surface area contributed by atoms with Crippen molar-refractivity contribution in [2.75, 3.05) is 33.1 Å². The zero-order valence-corrected chi connectivity index (χ0v) is 19.6. The van der Waals surface area contributed by atoms with Crippen LogP contribution in [0, 0.1) is 0 Å². The number of aliphatic imine (C=N–C) groups is 1. The van der Waals surface area contributed by atoms with Crippen molar-refractivity contribution in [2.24, 2.45) is 4.99 Å². The lowest BCUT2D eigenvalue weighted by Crippen LogP contribution is -2.43. The largest absolute Gasteiger partial charge is 0.496 e. The molecule has 1 saturated heterocycles. The van der Waals surface area contributed by atoms with Gasteiger partial charge in [-0.2, -0.15) is 11.8 Å². The number of carbonyl (C=O) groups is 1. The van der Waals surface area contributed by atoms with Crippen LogP contribution in [0.5, 0.6) is 5.75 Å². The van der Waals surface area contributed by atoms with Gasteiger partial charge in [-0.1, -0.05) is 6.07 Å². The Balaban J connectivity index is 0.00000364. The fourth-order valence-corrected chi connectivity index (χ4v) is 4.12. The van der Waals surface area contributed by atoms with Crippen LogP contribution >= 0.6 is 35.7 Å². The van der Waals surface area contributed by atoms with Crippen LogP contribution in [0.3, 0.4) is 0 Å². The van der Waals surface area contributed by atoms with E-state index in [-0.39, 0.29) is 28.7 Å². The number of rotatable bonds is 7. The highest BCUT2D eigenvalue weighted by atomic mass is 127. The summed E-state index contributed by atoms with van der Waals surface area (Å²) < 4.78 is 10.4. The number of ether oxygens (including phenoxy) is 2. The van der Waals surface area contributed by atoms with Crippen LogP contribution in [-0.4, -0.2) is 49.7 Å². The molecule has 1 fully saturated rings. The lowest BCUT2D eigenvalue weighted by atomic mass is 10.1. The fourth-order valence-electron chi connectivity index (χ4n) is 2.87. The second-order valence-corrected chi connectivity index (χ2v) is 8.16. The molecule has 0 spiro atoms. The molecule has 8 heteroatoms. The Morgan fingerprint density at radius 1 is 1.33 bits per heavy atom. The molecule has 0 saturated carbocycles. The van der Waals surface area contributed by atoms with Crippen LogP contribution < -0.4 is 15.4 Å². The van der Waals surface area contributed by atoms with Crippen LogP contribution in [0.4, 0.5) is 0 Å². The molecule has 0 radical (unpaired) electrons. The summed E-state index contributed by atoms with van der Waals surface area (Å²) in [6, 6.07) is 5.41. The Morgan fingerprint density at radius 2 is 2.11 bits per heavy atom. The Bertz CT molecular complexity index is 649. The maximum Gasteiger partial charge on any atom is 0.341 e. The number of nitrogens with one attached hydrogen (secondary N) is 2. The highest BCUT2D eigenvalue weighted by Gasteiger charge is 2.29. The van der Waals surface area contributed by atoms with E-state index in [0.29, 0.717) is 17.9 Å². The van der Waals surface area contributed by atoms with E-state index >= 15 is 0 Å². The maximum absolute atomic E-state index is 11.7. The van der Waals surface area contributed by atoms with E-state index < -0.39 is 5.97 Å². The van der Waals surface area contributed by atoms with Gasteiger partial charge in [-0.3, -0.25) is 0 Å². The van der Waals surface area contributed by atoms with Gasteiger partial charge in [0, 0.05) is 17.8 Å². The van der Waals surface area contributed by atoms with Crippen LogP contribution in [0.25, 0.3) is 0 Å². The topological polar surface area (TPSA) is 72.0 Å². The number of hydrogen-bond donors (Lipinski definition) is 2. The van der Waals surface area contributed by atoms with Gasteiger partial charge in [-0.15, -0.1) is 24.0 Å². The Hall–Kier alpha value is -1.16. The third-order valence-corrected chi connectivity index (χ3v) is 5.90. The van der Waals surface area contributed by atoms with Crippen LogP contribution in [0.2, 0.25) is 0 Å². The molecule has 1 heterocycles. The third-order valence-electron chi connectivity index (χ3n) is 4.37. The quantitative estimate of drug-likeness (QED) is 0.255. The van der Waals surface area contributed by atoms with Gasteiger partial charge in [-0.05, 0) is 50.1 Å². The molecule has 0 amide bonds. The summed E-state index contributed by atoms with van der Waals surface area (Å²) in [6.07, 6.45) is 2.51. The van der Waals surface area contributed by atoms with Crippen molar-refractivity contribution in [3.63, 3.8) is 0 Å². The van der Waals surface area contributed by atoms with Gasteiger partial charge in [0.05, 0.1) is 20.8 Å². The van der Waals surface area contributed by atoms with Crippen LogP contribution in [0.15, 0.2) is 23.2 Å². The molecule has 0 bridgehead atoms. The van der Waals surface area contributed by atoms with Crippen molar-refractivity contribution in [2.45, 2.75) is 38.0 Å². The Kier molecular flexibility index (Phi) is 10.3. The minimum absolute atomic E-state index is 0. The lowest BCUT2D eigenvalue weighted by molar-refractivity contribution is 0.0597. The lowest BCUT2D eigenvalue weighted by Gasteiger charge is -2.24. The molecule has 6 nitrogen and oxygen atoms in total. The zero-order chi connectivity index (χ0) is 19.0. The summed E-state index contributed by atoms with van der Waals surface area (Å²) in [6.45, 7) is 6.56. The smallest absolute Gasteiger partial charge is 0.341 e. The van der Waals surface area contributed by atoms with Gasteiger partial charge in [0.15, 0.2) is 5.96 Å². The summed E-state index contributed by atoms with van der Waals surface area (Å²) >= 11 is 2.02. The summed E-state index contributed by atoms with van der Waals surface area (Å²) in [4.78, 5) is 16.4. The predicted octanol–water partition coefficient (Wildman–Crippen LogP) is 3.44. The zero-order valence-electron chi connectivity index (χ0n) is 16.5. The molecule has 2 N–H and O–H groups in total. The minimum Gasteiger partial charge on any atom is -0.496 e. The molecule has 1 aromatic rings. The number of methoxy groups -OCH3 is 2. The summed E-state index contributed by atoms with van der Waals surface area (Å²) in [5.41, 5.74) is 1.38. The van der Waals surface area contributed by atoms with Crippen molar-refractivity contribution in [1.82, 2.24) is 10.6 Å². The first-order chi connectivity index (χ1) is 12.5. The number of thioether (sulfide) groups is 1. The van der Waals surface area contributed by atoms with E-state index in [0.717, 1.165) is 24.6 Å². The molecule has 1 unspecified atom stereocenters. The number of guanidine groups is 1. The highest BCUT2D eigenvalue weighted by molar-refractivity contribution is 14.0. The monoisotopic (exact) mass is 507 g/mol. The molecule has 1 atom stereocenters. The van der Waals surface area contributed by atoms with Crippen LogP contribution in [-0.2, 0) is 11.3 Å². The van der Waals surface area contributed by atoms with Crippen molar-refractivity contribution >= 4 is 47.7 Å². The van der Waals surface area contributed by atoms with E-state index in [4.69, 9.17) is 9.47 Å². The van der Waals surface area contributed by atoms with Gasteiger partial charge >= 0.3 is 5.97 Å². The van der Waals surface area contributed by atoms with E-state index in [9.17, 15) is 4.79 Å².